The van der Waals surface area contributed by atoms with Crippen molar-refractivity contribution in [1.82, 2.24) is 14.5 Å². The van der Waals surface area contributed by atoms with Crippen LogP contribution >= 0.6 is 0 Å². The molecule has 1 aliphatic rings. The topological polar surface area (TPSA) is 76.5 Å². The minimum absolute atomic E-state index is 0.0321. The fourth-order valence-electron chi connectivity index (χ4n) is 3.77. The lowest BCUT2D eigenvalue weighted by Gasteiger charge is -2.24. The number of amides is 2. The summed E-state index contributed by atoms with van der Waals surface area (Å²) in [5.41, 5.74) is 2.12. The van der Waals surface area contributed by atoms with Crippen LogP contribution in [0.1, 0.15) is 26.7 Å². The van der Waals surface area contributed by atoms with Crippen LogP contribution in [0.4, 0.5) is 10.3 Å². The monoisotopic (exact) mass is 464 g/mol. The van der Waals surface area contributed by atoms with Gasteiger partial charge in [-0.3, -0.25) is 19.5 Å². The number of methoxy groups -OCH3 is 1. The molecule has 0 atom stereocenters. The van der Waals surface area contributed by atoms with Crippen LogP contribution in [0.2, 0.25) is 0 Å². The summed E-state index contributed by atoms with van der Waals surface area (Å²) in [6.07, 6.45) is 3.55. The number of nitrogens with one attached hydrogen (secondary N) is 1. The van der Waals surface area contributed by atoms with E-state index in [9.17, 15) is 14.0 Å². The number of hydrogen-bond donors (Lipinski definition) is 1. The number of ether oxygens (including phenoxy) is 1. The summed E-state index contributed by atoms with van der Waals surface area (Å²) in [6.45, 7) is 4.52. The molecule has 1 fully saturated rings. The molecule has 0 saturated heterocycles. The van der Waals surface area contributed by atoms with Gasteiger partial charge in [-0.15, -0.1) is 0 Å². The van der Waals surface area contributed by atoms with Gasteiger partial charge in [-0.1, -0.05) is 13.8 Å². The first-order valence-corrected chi connectivity index (χ1v) is 11.4. The molecule has 2 amide bonds. The maximum absolute atomic E-state index is 13.5. The molecule has 0 unspecified atom stereocenters. The zero-order valence-corrected chi connectivity index (χ0v) is 19.6. The van der Waals surface area contributed by atoms with Crippen molar-refractivity contribution in [2.24, 2.45) is 11.8 Å². The third-order valence-corrected chi connectivity index (χ3v) is 5.61. The van der Waals surface area contributed by atoms with Gasteiger partial charge >= 0.3 is 0 Å². The lowest BCUT2D eigenvalue weighted by molar-refractivity contribution is -0.136. The van der Waals surface area contributed by atoms with Gasteiger partial charge in [0.05, 0.1) is 19.3 Å². The summed E-state index contributed by atoms with van der Waals surface area (Å²) in [6, 6.07) is 13.4. The fraction of sp³-hybridized carbons (Fsp3) is 0.346. The Balaban J connectivity index is 1.60. The molecule has 4 rings (SSSR count). The number of aromatic nitrogens is 2. The highest BCUT2D eigenvalue weighted by Gasteiger charge is 2.34. The average molecular weight is 465 g/mol. The number of imidazole rings is 1. The molecule has 3 aromatic rings. The van der Waals surface area contributed by atoms with Crippen LogP contribution in [0, 0.1) is 17.7 Å². The van der Waals surface area contributed by atoms with Crippen LogP contribution in [0.3, 0.4) is 0 Å². The Kier molecular flexibility index (Phi) is 6.95. The van der Waals surface area contributed by atoms with E-state index < -0.39 is 0 Å². The molecule has 34 heavy (non-hydrogen) atoms. The van der Waals surface area contributed by atoms with Crippen molar-refractivity contribution in [2.45, 2.75) is 26.7 Å². The quantitative estimate of drug-likeness (QED) is 0.505. The number of halogens is 1. The molecule has 0 spiro atoms. The van der Waals surface area contributed by atoms with Crippen molar-refractivity contribution in [3.63, 3.8) is 0 Å². The SMILES string of the molecule is COc1ccc(-c2cn(-c3ccc(F)cc3)c(NC(=O)CN(CC(C)C)C(=O)C3CC3)n2)cc1. The molecule has 1 N–H and O–H groups in total. The molecule has 0 radical (unpaired) electrons. The lowest BCUT2D eigenvalue weighted by Crippen LogP contribution is -2.41. The number of rotatable bonds is 9. The maximum Gasteiger partial charge on any atom is 0.246 e. The normalized spacial score (nSPS) is 13.1. The molecular weight excluding hydrogens is 435 g/mol. The Labute approximate surface area is 198 Å². The third kappa shape index (κ3) is 5.62. The van der Waals surface area contributed by atoms with Gasteiger partial charge in [0.15, 0.2) is 0 Å². The summed E-state index contributed by atoms with van der Waals surface area (Å²) in [5.74, 6) is 0.654. The van der Waals surface area contributed by atoms with E-state index in [-0.39, 0.29) is 36.0 Å². The summed E-state index contributed by atoms with van der Waals surface area (Å²) in [4.78, 5) is 31.9. The molecule has 1 aliphatic carbocycles. The first-order chi connectivity index (χ1) is 16.3. The molecule has 1 saturated carbocycles. The summed E-state index contributed by atoms with van der Waals surface area (Å²) >= 11 is 0. The van der Waals surface area contributed by atoms with Gasteiger partial charge in [0.1, 0.15) is 11.6 Å². The molecule has 0 aliphatic heterocycles. The lowest BCUT2D eigenvalue weighted by atomic mass is 10.1. The van der Waals surface area contributed by atoms with Crippen molar-refractivity contribution < 1.29 is 18.7 Å². The van der Waals surface area contributed by atoms with Gasteiger partial charge in [-0.2, -0.15) is 0 Å². The van der Waals surface area contributed by atoms with Gasteiger partial charge < -0.3 is 9.64 Å². The second kappa shape index (κ2) is 10.1. The predicted molar refractivity (Wildman–Crippen MR) is 128 cm³/mol. The number of anilines is 1. The number of nitrogens with zero attached hydrogens (tertiary/aromatic N) is 3. The Hall–Kier alpha value is -3.68. The molecule has 0 bridgehead atoms. The smallest absolute Gasteiger partial charge is 0.246 e. The van der Waals surface area contributed by atoms with E-state index >= 15 is 0 Å². The van der Waals surface area contributed by atoms with Gasteiger partial charge in [0.25, 0.3) is 0 Å². The van der Waals surface area contributed by atoms with Crippen LogP contribution in [0.15, 0.2) is 54.7 Å². The van der Waals surface area contributed by atoms with Crippen LogP contribution in [-0.4, -0.2) is 46.5 Å². The third-order valence-electron chi connectivity index (χ3n) is 5.61. The molecule has 1 heterocycles. The van der Waals surface area contributed by atoms with E-state index in [1.54, 1.807) is 34.9 Å². The second-order valence-corrected chi connectivity index (χ2v) is 8.96. The Morgan fingerprint density at radius 2 is 1.82 bits per heavy atom. The predicted octanol–water partition coefficient (Wildman–Crippen LogP) is 4.52. The van der Waals surface area contributed by atoms with Crippen LogP contribution in [0.25, 0.3) is 16.9 Å². The van der Waals surface area contributed by atoms with Gasteiger partial charge in [-0.05, 0) is 67.3 Å². The highest BCUT2D eigenvalue weighted by Crippen LogP contribution is 2.31. The van der Waals surface area contributed by atoms with Gasteiger partial charge in [-0.25, -0.2) is 9.37 Å². The number of carbonyl (C=O) groups excluding carboxylic acids is 2. The van der Waals surface area contributed by atoms with E-state index in [1.807, 2.05) is 38.1 Å². The number of carbonyl (C=O) groups is 2. The molecule has 7 nitrogen and oxygen atoms in total. The standard InChI is InChI=1S/C26H29FN4O3/c1-17(2)14-30(25(33)19-4-5-19)16-24(32)29-26-28-23(18-6-12-22(34-3)13-7-18)15-31(26)21-10-8-20(27)9-11-21/h6-13,15,17,19H,4-5,14,16H2,1-3H3,(H,28,29,32). The Bertz CT molecular complexity index is 1150. The van der Waals surface area contributed by atoms with Crippen molar-refractivity contribution in [1.29, 1.82) is 0 Å². The zero-order chi connectivity index (χ0) is 24.2. The van der Waals surface area contributed by atoms with E-state index in [0.717, 1.165) is 24.2 Å². The summed E-state index contributed by atoms with van der Waals surface area (Å²) in [7, 11) is 1.60. The van der Waals surface area contributed by atoms with Crippen molar-refractivity contribution in [3.05, 3.63) is 60.5 Å². The number of benzene rings is 2. The summed E-state index contributed by atoms with van der Waals surface area (Å²) < 4.78 is 20.4. The average Bonchev–Trinajstić information content (AvgIpc) is 3.59. The minimum atomic E-state index is -0.354. The first-order valence-electron chi connectivity index (χ1n) is 11.4. The molecule has 8 heteroatoms. The second-order valence-electron chi connectivity index (χ2n) is 8.96. The number of hydrogen-bond acceptors (Lipinski definition) is 4. The minimum Gasteiger partial charge on any atom is -0.497 e. The highest BCUT2D eigenvalue weighted by molar-refractivity contribution is 5.94. The van der Waals surface area contributed by atoms with Crippen LogP contribution < -0.4 is 10.1 Å². The maximum atomic E-state index is 13.5. The highest BCUT2D eigenvalue weighted by atomic mass is 19.1. The van der Waals surface area contributed by atoms with Crippen molar-refractivity contribution in [3.8, 4) is 22.7 Å². The molecule has 1 aromatic heterocycles. The van der Waals surface area contributed by atoms with E-state index in [1.165, 1.54) is 12.1 Å². The molecular formula is C26H29FN4O3. The molecule has 178 valence electrons. The van der Waals surface area contributed by atoms with E-state index in [2.05, 4.69) is 10.3 Å². The van der Waals surface area contributed by atoms with E-state index in [4.69, 9.17) is 4.74 Å². The largest absolute Gasteiger partial charge is 0.497 e. The molecule has 2 aromatic carbocycles. The van der Waals surface area contributed by atoms with Crippen molar-refractivity contribution in [2.75, 3.05) is 25.5 Å². The van der Waals surface area contributed by atoms with Crippen LogP contribution in [-0.2, 0) is 9.59 Å². The van der Waals surface area contributed by atoms with E-state index in [0.29, 0.717) is 23.9 Å². The zero-order valence-electron chi connectivity index (χ0n) is 19.6. The Morgan fingerprint density at radius 1 is 1.15 bits per heavy atom. The van der Waals surface area contributed by atoms with Crippen molar-refractivity contribution >= 4 is 17.8 Å². The fourth-order valence-corrected chi connectivity index (χ4v) is 3.77. The van der Waals surface area contributed by atoms with Gasteiger partial charge in [0.2, 0.25) is 17.8 Å². The van der Waals surface area contributed by atoms with Crippen LogP contribution in [0.5, 0.6) is 5.75 Å². The van der Waals surface area contributed by atoms with Gasteiger partial charge in [0, 0.05) is 29.9 Å². The summed E-state index contributed by atoms with van der Waals surface area (Å²) in [5, 5.41) is 2.85. The first kappa shape index (κ1) is 23.5. The Morgan fingerprint density at radius 3 is 2.41 bits per heavy atom.